The molecule has 0 aromatic carbocycles. The molecule has 0 spiro atoms. The number of carbonyl (C=O) groups excluding carboxylic acids is 1. The number of anilines is 1. The van der Waals surface area contributed by atoms with E-state index in [0.717, 1.165) is 31.6 Å². The van der Waals surface area contributed by atoms with Crippen LogP contribution in [0.2, 0.25) is 0 Å². The van der Waals surface area contributed by atoms with Gasteiger partial charge < -0.3 is 15.4 Å². The number of hydrogen-bond donors (Lipinski definition) is 1. The van der Waals surface area contributed by atoms with Crippen molar-refractivity contribution in [2.45, 2.75) is 19.9 Å². The average molecular weight is 295 g/mol. The first-order valence-corrected chi connectivity index (χ1v) is 8.01. The Morgan fingerprint density at radius 2 is 2.10 bits per heavy atom. The van der Waals surface area contributed by atoms with Gasteiger partial charge in [-0.1, -0.05) is 6.92 Å². The van der Waals surface area contributed by atoms with Crippen LogP contribution in [0.15, 0.2) is 0 Å². The molecule has 3 rings (SSSR count). The van der Waals surface area contributed by atoms with Crippen molar-refractivity contribution in [2.24, 2.45) is 0 Å². The fraction of sp³-hybridized carbons (Fsp3) is 0.643. The van der Waals surface area contributed by atoms with Crippen molar-refractivity contribution in [3.05, 3.63) is 16.0 Å². The molecule has 0 bridgehead atoms. The molecular formula is C14H21N3O2S. The first-order valence-electron chi connectivity index (χ1n) is 7.20. The summed E-state index contributed by atoms with van der Waals surface area (Å²) in [6, 6.07) is 0. The van der Waals surface area contributed by atoms with Crippen LogP contribution < -0.4 is 5.73 Å². The molecule has 0 unspecified atom stereocenters. The van der Waals surface area contributed by atoms with Crippen molar-refractivity contribution >= 4 is 22.2 Å². The number of ether oxygens (including phenoxy) is 1. The van der Waals surface area contributed by atoms with Gasteiger partial charge in [0.05, 0.1) is 23.8 Å². The van der Waals surface area contributed by atoms with Crippen molar-refractivity contribution < 1.29 is 9.53 Å². The zero-order valence-electron chi connectivity index (χ0n) is 11.9. The monoisotopic (exact) mass is 295 g/mol. The fourth-order valence-electron chi connectivity index (χ4n) is 2.91. The number of morpholine rings is 1. The highest BCUT2D eigenvalue weighted by Crippen LogP contribution is 2.35. The van der Waals surface area contributed by atoms with E-state index in [-0.39, 0.29) is 5.91 Å². The quantitative estimate of drug-likeness (QED) is 0.890. The van der Waals surface area contributed by atoms with E-state index in [0.29, 0.717) is 31.3 Å². The number of nitrogen functional groups attached to an aromatic ring is 1. The molecule has 2 aliphatic heterocycles. The van der Waals surface area contributed by atoms with E-state index in [1.165, 1.54) is 10.4 Å². The molecule has 110 valence electrons. The van der Waals surface area contributed by atoms with Crippen LogP contribution in [0, 0.1) is 0 Å². The van der Waals surface area contributed by atoms with Crippen LogP contribution in [-0.2, 0) is 17.7 Å². The van der Waals surface area contributed by atoms with Gasteiger partial charge in [-0.15, -0.1) is 11.3 Å². The number of thiophene rings is 1. The highest BCUT2D eigenvalue weighted by atomic mass is 32.1. The minimum Gasteiger partial charge on any atom is -0.390 e. The van der Waals surface area contributed by atoms with Gasteiger partial charge >= 0.3 is 0 Å². The molecule has 1 aromatic heterocycles. The number of fused-ring (bicyclic) bond motifs is 1. The second-order valence-electron chi connectivity index (χ2n) is 5.27. The maximum absolute atomic E-state index is 12.7. The van der Waals surface area contributed by atoms with Crippen LogP contribution in [0.25, 0.3) is 0 Å². The van der Waals surface area contributed by atoms with Gasteiger partial charge in [0.15, 0.2) is 0 Å². The Balaban J connectivity index is 1.86. The molecular weight excluding hydrogens is 274 g/mol. The smallest absolute Gasteiger partial charge is 0.257 e. The van der Waals surface area contributed by atoms with Crippen molar-refractivity contribution in [1.82, 2.24) is 9.80 Å². The molecule has 6 heteroatoms. The molecule has 1 saturated heterocycles. The van der Waals surface area contributed by atoms with Crippen molar-refractivity contribution in [2.75, 3.05) is 45.1 Å². The average Bonchev–Trinajstić information content (AvgIpc) is 2.82. The van der Waals surface area contributed by atoms with E-state index in [1.807, 2.05) is 4.90 Å². The molecule has 1 amide bonds. The number of likely N-dealkylation sites (N-methyl/N-ethyl adjacent to an activating group) is 1. The molecule has 0 atom stereocenters. The van der Waals surface area contributed by atoms with Crippen molar-refractivity contribution in [3.8, 4) is 0 Å². The lowest BCUT2D eigenvalue weighted by molar-refractivity contribution is 0.0303. The summed E-state index contributed by atoms with van der Waals surface area (Å²) >= 11 is 1.59. The molecule has 1 aromatic rings. The second-order valence-corrected chi connectivity index (χ2v) is 6.40. The molecule has 3 heterocycles. The van der Waals surface area contributed by atoms with Gasteiger partial charge in [-0.05, 0) is 18.5 Å². The standard InChI is InChI=1S/C14H21N3O2S/c1-2-16-4-3-10-11(9-16)20-13(15)12(10)14(18)17-5-7-19-8-6-17/h2-9,15H2,1H3. The molecule has 2 N–H and O–H groups in total. The summed E-state index contributed by atoms with van der Waals surface area (Å²) in [5.74, 6) is 0.0910. The van der Waals surface area contributed by atoms with E-state index in [1.54, 1.807) is 11.3 Å². The van der Waals surface area contributed by atoms with Gasteiger partial charge in [0.1, 0.15) is 0 Å². The molecule has 2 aliphatic rings. The Morgan fingerprint density at radius 3 is 2.80 bits per heavy atom. The van der Waals surface area contributed by atoms with Crippen molar-refractivity contribution in [3.63, 3.8) is 0 Å². The van der Waals surface area contributed by atoms with Gasteiger partial charge in [0.25, 0.3) is 5.91 Å². The third-order valence-corrected chi connectivity index (χ3v) is 5.17. The number of hydrogen-bond acceptors (Lipinski definition) is 5. The third kappa shape index (κ3) is 2.43. The van der Waals surface area contributed by atoms with Crippen LogP contribution in [0.3, 0.4) is 0 Å². The predicted octanol–water partition coefficient (Wildman–Crippen LogP) is 1.18. The first-order chi connectivity index (χ1) is 9.70. The first kappa shape index (κ1) is 13.9. The van der Waals surface area contributed by atoms with E-state index in [9.17, 15) is 4.79 Å². The van der Waals surface area contributed by atoms with Crippen LogP contribution in [-0.4, -0.2) is 55.1 Å². The fourth-order valence-corrected chi connectivity index (χ4v) is 4.06. The van der Waals surface area contributed by atoms with E-state index < -0.39 is 0 Å². The summed E-state index contributed by atoms with van der Waals surface area (Å²) in [7, 11) is 0. The SMILES string of the molecule is CCN1CCc2c(sc(N)c2C(=O)N2CCOCC2)C1. The largest absolute Gasteiger partial charge is 0.390 e. The maximum Gasteiger partial charge on any atom is 0.257 e. The lowest BCUT2D eigenvalue weighted by Gasteiger charge is -2.29. The van der Waals surface area contributed by atoms with E-state index in [4.69, 9.17) is 10.5 Å². The zero-order chi connectivity index (χ0) is 14.1. The zero-order valence-corrected chi connectivity index (χ0v) is 12.7. The highest BCUT2D eigenvalue weighted by molar-refractivity contribution is 7.16. The number of amides is 1. The number of rotatable bonds is 2. The summed E-state index contributed by atoms with van der Waals surface area (Å²) < 4.78 is 5.31. The predicted molar refractivity (Wildman–Crippen MR) is 80.1 cm³/mol. The Bertz CT molecular complexity index is 509. The van der Waals surface area contributed by atoms with E-state index in [2.05, 4.69) is 11.8 Å². The Labute approximate surface area is 123 Å². The lowest BCUT2D eigenvalue weighted by Crippen LogP contribution is -2.41. The Kier molecular flexibility index (Phi) is 3.96. The molecule has 5 nitrogen and oxygen atoms in total. The summed E-state index contributed by atoms with van der Waals surface area (Å²) in [5.41, 5.74) is 8.09. The number of nitrogens with two attached hydrogens (primary N) is 1. The summed E-state index contributed by atoms with van der Waals surface area (Å²) in [4.78, 5) is 18.2. The minimum atomic E-state index is 0.0910. The minimum absolute atomic E-state index is 0.0910. The van der Waals surface area contributed by atoms with Gasteiger partial charge in [0, 0.05) is 31.1 Å². The lowest BCUT2D eigenvalue weighted by atomic mass is 10.0. The van der Waals surface area contributed by atoms with Crippen LogP contribution in [0.1, 0.15) is 27.7 Å². The Morgan fingerprint density at radius 1 is 1.35 bits per heavy atom. The number of carbonyl (C=O) groups is 1. The van der Waals surface area contributed by atoms with Gasteiger partial charge in [-0.2, -0.15) is 0 Å². The molecule has 0 aliphatic carbocycles. The second kappa shape index (κ2) is 5.71. The summed E-state index contributed by atoms with van der Waals surface area (Å²) in [6.45, 7) is 7.75. The van der Waals surface area contributed by atoms with Crippen LogP contribution in [0.4, 0.5) is 5.00 Å². The van der Waals surface area contributed by atoms with E-state index >= 15 is 0 Å². The molecule has 0 saturated carbocycles. The van der Waals surface area contributed by atoms with Crippen LogP contribution in [0.5, 0.6) is 0 Å². The third-order valence-electron chi connectivity index (χ3n) is 4.12. The van der Waals surface area contributed by atoms with Gasteiger partial charge in [0.2, 0.25) is 0 Å². The topological polar surface area (TPSA) is 58.8 Å². The van der Waals surface area contributed by atoms with Gasteiger partial charge in [-0.25, -0.2) is 0 Å². The van der Waals surface area contributed by atoms with Crippen molar-refractivity contribution in [1.29, 1.82) is 0 Å². The van der Waals surface area contributed by atoms with Crippen LogP contribution >= 0.6 is 11.3 Å². The molecule has 20 heavy (non-hydrogen) atoms. The summed E-state index contributed by atoms with van der Waals surface area (Å²) in [5, 5.41) is 0.685. The molecule has 1 fully saturated rings. The van der Waals surface area contributed by atoms with Gasteiger partial charge in [-0.3, -0.25) is 9.69 Å². The number of nitrogens with zero attached hydrogens (tertiary/aromatic N) is 2. The molecule has 0 radical (unpaired) electrons. The summed E-state index contributed by atoms with van der Waals surface area (Å²) in [6.07, 6.45) is 0.933. The normalized spacial score (nSPS) is 19.9. The maximum atomic E-state index is 12.7. The Hall–Kier alpha value is -1.11. The highest BCUT2D eigenvalue weighted by Gasteiger charge is 2.29.